The topological polar surface area (TPSA) is 87.0 Å². The molecule has 4 atom stereocenters. The van der Waals surface area contributed by atoms with Gasteiger partial charge in [-0.2, -0.15) is 0 Å². The Bertz CT molecular complexity index is 438. The van der Waals surface area contributed by atoms with Crippen molar-refractivity contribution in [2.24, 2.45) is 5.92 Å². The number of hydrogen-bond donors (Lipinski definition) is 3. The number of Topliss-reactive ketones (excluding diaryl/α,β-unsaturated/α-hetero) is 1. The van der Waals surface area contributed by atoms with Gasteiger partial charge in [-0.15, -0.1) is 0 Å². The highest BCUT2D eigenvalue weighted by Crippen LogP contribution is 2.49. The molecule has 1 saturated carbocycles. The van der Waals surface area contributed by atoms with Gasteiger partial charge in [0.1, 0.15) is 11.4 Å². The van der Waals surface area contributed by atoms with E-state index in [1.807, 2.05) is 13.8 Å². The largest absolute Gasteiger partial charge is 0.387 e. The van der Waals surface area contributed by atoms with E-state index >= 15 is 0 Å². The van der Waals surface area contributed by atoms with Gasteiger partial charge in [-0.25, -0.2) is 0 Å². The summed E-state index contributed by atoms with van der Waals surface area (Å²) in [6.45, 7) is 5.16. The van der Waals surface area contributed by atoms with Gasteiger partial charge in [-0.05, 0) is 27.2 Å². The molecule has 5 heteroatoms. The minimum absolute atomic E-state index is 0.00594. The van der Waals surface area contributed by atoms with E-state index in [1.165, 1.54) is 6.92 Å². The molecule has 4 unspecified atom stereocenters. The monoisotopic (exact) mass is 284 g/mol. The van der Waals surface area contributed by atoms with Crippen LogP contribution in [0, 0.1) is 5.92 Å². The van der Waals surface area contributed by atoms with Crippen molar-refractivity contribution in [2.75, 3.05) is 6.61 Å². The zero-order chi connectivity index (χ0) is 15.2. The van der Waals surface area contributed by atoms with Crippen LogP contribution in [0.2, 0.25) is 0 Å². The highest BCUT2D eigenvalue weighted by molar-refractivity contribution is 5.80. The number of carbonyl (C=O) groups is 1. The van der Waals surface area contributed by atoms with Gasteiger partial charge >= 0.3 is 0 Å². The minimum atomic E-state index is -1.78. The van der Waals surface area contributed by atoms with Crippen LogP contribution >= 0.6 is 0 Å². The Labute approximate surface area is 119 Å². The van der Waals surface area contributed by atoms with Crippen molar-refractivity contribution in [1.29, 1.82) is 0 Å². The average Bonchev–Trinajstić information content (AvgIpc) is 2.35. The average molecular weight is 284 g/mol. The quantitative estimate of drug-likeness (QED) is 0.656. The highest BCUT2D eigenvalue weighted by atomic mass is 16.6. The van der Waals surface area contributed by atoms with Crippen LogP contribution in [0.25, 0.3) is 0 Å². The molecule has 1 heterocycles. The van der Waals surface area contributed by atoms with Crippen molar-refractivity contribution in [2.45, 2.75) is 63.4 Å². The first-order chi connectivity index (χ1) is 9.11. The van der Waals surface area contributed by atoms with Crippen molar-refractivity contribution < 1.29 is 24.9 Å². The van der Waals surface area contributed by atoms with Gasteiger partial charge in [0.15, 0.2) is 5.79 Å². The first-order valence-corrected chi connectivity index (χ1v) is 7.07. The summed E-state index contributed by atoms with van der Waals surface area (Å²) in [6, 6.07) is 0. The van der Waals surface area contributed by atoms with Gasteiger partial charge in [0.25, 0.3) is 0 Å². The molecule has 1 saturated heterocycles. The second-order valence-electron chi connectivity index (χ2n) is 6.61. The van der Waals surface area contributed by atoms with E-state index in [9.17, 15) is 20.1 Å². The van der Waals surface area contributed by atoms with Crippen LogP contribution in [0.3, 0.4) is 0 Å². The molecule has 1 aliphatic carbocycles. The van der Waals surface area contributed by atoms with E-state index in [1.54, 1.807) is 6.08 Å². The van der Waals surface area contributed by atoms with E-state index in [0.29, 0.717) is 6.42 Å². The summed E-state index contributed by atoms with van der Waals surface area (Å²) in [5, 5.41) is 32.0. The number of ether oxygens (including phenoxy) is 1. The summed E-state index contributed by atoms with van der Waals surface area (Å²) in [7, 11) is 0. The van der Waals surface area contributed by atoms with Crippen LogP contribution in [0.4, 0.5) is 0 Å². The Hall–Kier alpha value is -0.750. The van der Waals surface area contributed by atoms with Gasteiger partial charge in [0.2, 0.25) is 0 Å². The summed E-state index contributed by atoms with van der Waals surface area (Å²) in [5.74, 6) is -2.48. The minimum Gasteiger partial charge on any atom is -0.387 e. The Morgan fingerprint density at radius 1 is 1.40 bits per heavy atom. The Balaban J connectivity index is 2.32. The normalized spacial score (nSPS) is 44.9. The molecule has 114 valence electrons. The lowest BCUT2D eigenvalue weighted by molar-refractivity contribution is -0.371. The number of allylic oxidation sites excluding steroid dienone is 1. The molecule has 0 amide bonds. The Morgan fingerprint density at radius 2 is 2.05 bits per heavy atom. The fourth-order valence-electron chi connectivity index (χ4n) is 3.22. The highest BCUT2D eigenvalue weighted by Gasteiger charge is 2.63. The Kier molecular flexibility index (Phi) is 3.84. The molecule has 3 N–H and O–H groups in total. The fourth-order valence-corrected chi connectivity index (χ4v) is 3.22. The van der Waals surface area contributed by atoms with Gasteiger partial charge in [0, 0.05) is 25.2 Å². The van der Waals surface area contributed by atoms with Crippen LogP contribution in [0.15, 0.2) is 11.6 Å². The molecule has 2 rings (SSSR count). The standard InChI is InChI=1S/C15H24O5/c1-10(2)4-7-15(19)13(3,17)12-8-11(16)5-6-14(12,18)9-20-15/h4,12,17-19H,5-9H2,1-3H3. The lowest BCUT2D eigenvalue weighted by Gasteiger charge is -2.56. The van der Waals surface area contributed by atoms with E-state index in [4.69, 9.17) is 4.74 Å². The first-order valence-electron chi connectivity index (χ1n) is 7.07. The molecular formula is C15H24O5. The van der Waals surface area contributed by atoms with Crippen LogP contribution in [-0.2, 0) is 9.53 Å². The molecular weight excluding hydrogens is 260 g/mol. The number of fused-ring (bicyclic) bond motifs is 1. The van der Waals surface area contributed by atoms with E-state index in [-0.39, 0.29) is 31.7 Å². The van der Waals surface area contributed by atoms with Crippen LogP contribution in [0.1, 0.15) is 46.5 Å². The maximum absolute atomic E-state index is 11.7. The van der Waals surface area contributed by atoms with Gasteiger partial charge < -0.3 is 20.1 Å². The van der Waals surface area contributed by atoms with Crippen molar-refractivity contribution >= 4 is 5.78 Å². The fraction of sp³-hybridized carbons (Fsp3) is 0.800. The predicted octanol–water partition coefficient (Wildman–Crippen LogP) is 0.913. The summed E-state index contributed by atoms with van der Waals surface area (Å²) < 4.78 is 5.44. The second-order valence-corrected chi connectivity index (χ2v) is 6.61. The number of hydrogen-bond acceptors (Lipinski definition) is 5. The third kappa shape index (κ3) is 2.44. The van der Waals surface area contributed by atoms with Crippen molar-refractivity contribution in [3.63, 3.8) is 0 Å². The zero-order valence-electron chi connectivity index (χ0n) is 12.3. The molecule has 0 aromatic rings. The molecule has 0 aromatic carbocycles. The summed E-state index contributed by atoms with van der Waals surface area (Å²) in [5.41, 5.74) is -1.92. The second kappa shape index (κ2) is 4.91. The van der Waals surface area contributed by atoms with Gasteiger partial charge in [-0.1, -0.05) is 11.6 Å². The lowest BCUT2D eigenvalue weighted by atomic mass is 9.62. The van der Waals surface area contributed by atoms with Gasteiger partial charge in [-0.3, -0.25) is 4.79 Å². The lowest BCUT2D eigenvalue weighted by Crippen LogP contribution is -2.71. The van der Waals surface area contributed by atoms with Crippen molar-refractivity contribution in [1.82, 2.24) is 0 Å². The van der Waals surface area contributed by atoms with Crippen LogP contribution in [-0.4, -0.2) is 44.7 Å². The SMILES string of the molecule is CC(C)=CCC1(O)OCC2(O)CCC(=O)CC2C1(C)O. The maximum Gasteiger partial charge on any atom is 0.198 e. The molecule has 0 aromatic heterocycles. The zero-order valence-corrected chi connectivity index (χ0v) is 12.3. The van der Waals surface area contributed by atoms with Gasteiger partial charge in [0.05, 0.1) is 12.2 Å². The van der Waals surface area contributed by atoms with E-state index in [0.717, 1.165) is 5.57 Å². The summed E-state index contributed by atoms with van der Waals surface area (Å²) in [6.07, 6.45) is 2.54. The molecule has 2 aliphatic rings. The maximum atomic E-state index is 11.7. The number of carbonyl (C=O) groups excluding carboxylic acids is 1. The van der Waals surface area contributed by atoms with Crippen molar-refractivity contribution in [3.05, 3.63) is 11.6 Å². The van der Waals surface area contributed by atoms with Crippen LogP contribution < -0.4 is 0 Å². The Morgan fingerprint density at radius 3 is 2.65 bits per heavy atom. The molecule has 0 bridgehead atoms. The molecule has 0 spiro atoms. The molecule has 0 radical (unpaired) electrons. The molecule has 2 fully saturated rings. The first kappa shape index (κ1) is 15.6. The van der Waals surface area contributed by atoms with E-state index < -0.39 is 22.9 Å². The third-order valence-electron chi connectivity index (χ3n) is 4.73. The number of aliphatic hydroxyl groups is 3. The number of rotatable bonds is 2. The predicted molar refractivity (Wildman–Crippen MR) is 72.9 cm³/mol. The third-order valence-corrected chi connectivity index (χ3v) is 4.73. The van der Waals surface area contributed by atoms with Crippen molar-refractivity contribution in [3.8, 4) is 0 Å². The summed E-state index contributed by atoms with van der Waals surface area (Å²) in [4.78, 5) is 11.7. The van der Waals surface area contributed by atoms with E-state index in [2.05, 4.69) is 0 Å². The van der Waals surface area contributed by atoms with Crippen LogP contribution in [0.5, 0.6) is 0 Å². The smallest absolute Gasteiger partial charge is 0.198 e. The summed E-state index contributed by atoms with van der Waals surface area (Å²) >= 11 is 0. The molecule has 1 aliphatic heterocycles. The molecule has 20 heavy (non-hydrogen) atoms. The number of ketones is 1. The molecule has 5 nitrogen and oxygen atoms in total.